The molecule has 1 unspecified atom stereocenters. The van der Waals surface area contributed by atoms with Gasteiger partial charge in [-0.1, -0.05) is 13.8 Å². The van der Waals surface area contributed by atoms with Gasteiger partial charge in [0, 0.05) is 31.4 Å². The van der Waals surface area contributed by atoms with Gasteiger partial charge in [-0.3, -0.25) is 0 Å². The summed E-state index contributed by atoms with van der Waals surface area (Å²) >= 11 is 0. The normalized spacial score (nSPS) is 19.6. The van der Waals surface area contributed by atoms with E-state index in [9.17, 15) is 8.42 Å². The molecule has 5 nitrogen and oxygen atoms in total. The van der Waals surface area contributed by atoms with Gasteiger partial charge in [-0.15, -0.1) is 0 Å². The van der Waals surface area contributed by atoms with Crippen LogP contribution in [0.3, 0.4) is 0 Å². The minimum atomic E-state index is -3.52. The SMILES string of the molecule is CCN(CC)S(=O)(=O)c1cc(N)ccc1N1CCCCC1C. The summed E-state index contributed by atoms with van der Waals surface area (Å²) in [4.78, 5) is 2.55. The second kappa shape index (κ2) is 6.87. The third-order valence-electron chi connectivity index (χ3n) is 4.42. The fraction of sp³-hybridized carbons (Fsp3) is 0.625. The Morgan fingerprint density at radius 3 is 2.55 bits per heavy atom. The zero-order valence-corrected chi connectivity index (χ0v) is 14.6. The first-order chi connectivity index (χ1) is 10.4. The van der Waals surface area contributed by atoms with Crippen molar-refractivity contribution in [2.75, 3.05) is 30.3 Å². The molecule has 22 heavy (non-hydrogen) atoms. The molecule has 2 rings (SSSR count). The Labute approximate surface area is 134 Å². The van der Waals surface area contributed by atoms with Crippen LogP contribution in [-0.4, -0.2) is 38.4 Å². The Hall–Kier alpha value is -1.27. The molecule has 1 aromatic rings. The number of nitrogens with two attached hydrogens (primary N) is 1. The molecule has 0 spiro atoms. The quantitative estimate of drug-likeness (QED) is 0.845. The summed E-state index contributed by atoms with van der Waals surface area (Å²) in [5.74, 6) is 0. The number of benzene rings is 1. The molecule has 0 saturated carbocycles. The van der Waals surface area contributed by atoms with Crippen LogP contribution in [0, 0.1) is 0 Å². The van der Waals surface area contributed by atoms with Crippen LogP contribution in [0.15, 0.2) is 23.1 Å². The Bertz CT molecular complexity index is 612. The van der Waals surface area contributed by atoms with Crippen LogP contribution >= 0.6 is 0 Å². The lowest BCUT2D eigenvalue weighted by atomic mass is 10.0. The maximum atomic E-state index is 13.0. The van der Waals surface area contributed by atoms with Gasteiger partial charge >= 0.3 is 0 Å². The van der Waals surface area contributed by atoms with E-state index < -0.39 is 10.0 Å². The van der Waals surface area contributed by atoms with Crippen LogP contribution < -0.4 is 10.6 Å². The maximum Gasteiger partial charge on any atom is 0.245 e. The van der Waals surface area contributed by atoms with Crippen molar-refractivity contribution in [1.82, 2.24) is 4.31 Å². The average Bonchev–Trinajstić information content (AvgIpc) is 2.49. The second-order valence-electron chi connectivity index (χ2n) is 5.85. The van der Waals surface area contributed by atoms with E-state index in [2.05, 4.69) is 11.8 Å². The smallest absolute Gasteiger partial charge is 0.245 e. The van der Waals surface area contributed by atoms with E-state index in [0.717, 1.165) is 25.1 Å². The summed E-state index contributed by atoms with van der Waals surface area (Å²) in [6.07, 6.45) is 3.39. The van der Waals surface area contributed by atoms with Gasteiger partial charge in [0.1, 0.15) is 4.90 Å². The molecule has 1 aromatic carbocycles. The molecular formula is C16H27N3O2S. The number of anilines is 2. The predicted molar refractivity (Wildman–Crippen MR) is 91.6 cm³/mol. The second-order valence-corrected chi connectivity index (χ2v) is 7.76. The van der Waals surface area contributed by atoms with Crippen molar-refractivity contribution in [3.05, 3.63) is 18.2 Å². The summed E-state index contributed by atoms with van der Waals surface area (Å²) in [7, 11) is -3.52. The molecule has 1 atom stereocenters. The molecule has 2 N–H and O–H groups in total. The van der Waals surface area contributed by atoms with Gasteiger partial charge in [-0.05, 0) is 44.4 Å². The number of hydrogen-bond donors (Lipinski definition) is 1. The number of nitrogens with zero attached hydrogens (tertiary/aromatic N) is 2. The van der Waals surface area contributed by atoms with Crippen molar-refractivity contribution in [1.29, 1.82) is 0 Å². The zero-order chi connectivity index (χ0) is 16.3. The lowest BCUT2D eigenvalue weighted by molar-refractivity contribution is 0.443. The highest BCUT2D eigenvalue weighted by molar-refractivity contribution is 7.89. The average molecular weight is 325 g/mol. The van der Waals surface area contributed by atoms with Crippen molar-refractivity contribution >= 4 is 21.4 Å². The lowest BCUT2D eigenvalue weighted by Crippen LogP contribution is -2.39. The number of hydrogen-bond acceptors (Lipinski definition) is 4. The van der Waals surface area contributed by atoms with Gasteiger partial charge in [-0.25, -0.2) is 8.42 Å². The predicted octanol–water partition coefficient (Wildman–Crippen LogP) is 2.68. The first-order valence-corrected chi connectivity index (χ1v) is 9.52. The minimum absolute atomic E-state index is 0.338. The van der Waals surface area contributed by atoms with Crippen LogP contribution in [0.1, 0.15) is 40.0 Å². The Balaban J connectivity index is 2.53. The third-order valence-corrected chi connectivity index (χ3v) is 6.50. The molecule has 0 radical (unpaired) electrons. The first kappa shape index (κ1) is 17.1. The van der Waals surface area contributed by atoms with Crippen molar-refractivity contribution in [2.24, 2.45) is 0 Å². The number of sulfonamides is 1. The number of piperidine rings is 1. The van der Waals surface area contributed by atoms with E-state index in [4.69, 9.17) is 5.73 Å². The number of nitrogen functional groups attached to an aromatic ring is 1. The fourth-order valence-corrected chi connectivity index (χ4v) is 4.83. The highest BCUT2D eigenvalue weighted by Crippen LogP contribution is 2.33. The molecule has 1 fully saturated rings. The first-order valence-electron chi connectivity index (χ1n) is 8.08. The highest BCUT2D eigenvalue weighted by Gasteiger charge is 2.29. The Morgan fingerprint density at radius 2 is 1.95 bits per heavy atom. The van der Waals surface area contributed by atoms with Gasteiger partial charge in [0.25, 0.3) is 0 Å². The molecule has 1 aliphatic rings. The van der Waals surface area contributed by atoms with E-state index in [1.54, 1.807) is 12.1 Å². The summed E-state index contributed by atoms with van der Waals surface area (Å²) in [5.41, 5.74) is 7.14. The summed E-state index contributed by atoms with van der Waals surface area (Å²) in [6.45, 7) is 7.69. The van der Waals surface area contributed by atoms with Crippen molar-refractivity contribution in [2.45, 2.75) is 51.0 Å². The number of rotatable bonds is 5. The van der Waals surface area contributed by atoms with Crippen molar-refractivity contribution < 1.29 is 8.42 Å². The molecule has 0 amide bonds. The van der Waals surface area contributed by atoms with E-state index in [-0.39, 0.29) is 0 Å². The fourth-order valence-electron chi connectivity index (χ4n) is 3.13. The topological polar surface area (TPSA) is 66.6 Å². The van der Waals surface area contributed by atoms with Gasteiger partial charge < -0.3 is 10.6 Å². The third kappa shape index (κ3) is 3.22. The zero-order valence-electron chi connectivity index (χ0n) is 13.7. The molecule has 1 saturated heterocycles. The minimum Gasteiger partial charge on any atom is -0.399 e. The standard InChI is InChI=1S/C16H27N3O2S/c1-4-18(5-2)22(20,21)16-12-14(17)9-10-15(16)19-11-7-6-8-13(19)3/h9-10,12-13H,4-8,11,17H2,1-3H3. The van der Waals surface area contributed by atoms with E-state index in [1.807, 2.05) is 19.9 Å². The van der Waals surface area contributed by atoms with Crippen molar-refractivity contribution in [3.8, 4) is 0 Å². The summed E-state index contributed by atoms with van der Waals surface area (Å²) < 4.78 is 27.4. The van der Waals surface area contributed by atoms with Gasteiger partial charge in [0.05, 0.1) is 5.69 Å². The van der Waals surface area contributed by atoms with E-state index in [1.165, 1.54) is 10.7 Å². The van der Waals surface area contributed by atoms with Crippen LogP contribution in [0.5, 0.6) is 0 Å². The van der Waals surface area contributed by atoms with E-state index in [0.29, 0.717) is 29.7 Å². The van der Waals surface area contributed by atoms with Crippen LogP contribution in [0.25, 0.3) is 0 Å². The van der Waals surface area contributed by atoms with Crippen LogP contribution in [0.2, 0.25) is 0 Å². The highest BCUT2D eigenvalue weighted by atomic mass is 32.2. The maximum absolute atomic E-state index is 13.0. The summed E-state index contributed by atoms with van der Waals surface area (Å²) in [6, 6.07) is 5.60. The van der Waals surface area contributed by atoms with Gasteiger partial charge in [-0.2, -0.15) is 4.31 Å². The van der Waals surface area contributed by atoms with Crippen LogP contribution in [-0.2, 0) is 10.0 Å². The Morgan fingerprint density at radius 1 is 1.27 bits per heavy atom. The lowest BCUT2D eigenvalue weighted by Gasteiger charge is -2.37. The molecule has 6 heteroatoms. The monoisotopic (exact) mass is 325 g/mol. The van der Waals surface area contributed by atoms with Gasteiger partial charge in [0.15, 0.2) is 0 Å². The molecule has 1 aliphatic heterocycles. The Kier molecular flexibility index (Phi) is 5.34. The van der Waals surface area contributed by atoms with Crippen LogP contribution in [0.4, 0.5) is 11.4 Å². The largest absolute Gasteiger partial charge is 0.399 e. The molecule has 124 valence electrons. The summed E-state index contributed by atoms with van der Waals surface area (Å²) in [5, 5.41) is 0. The molecule has 0 bridgehead atoms. The molecule has 1 heterocycles. The molecule has 0 aromatic heterocycles. The van der Waals surface area contributed by atoms with Gasteiger partial charge in [0.2, 0.25) is 10.0 Å². The van der Waals surface area contributed by atoms with Crippen molar-refractivity contribution in [3.63, 3.8) is 0 Å². The van der Waals surface area contributed by atoms with E-state index >= 15 is 0 Å². The molecule has 0 aliphatic carbocycles. The molecular weight excluding hydrogens is 298 g/mol.